The van der Waals surface area contributed by atoms with E-state index in [9.17, 15) is 28.7 Å². The quantitative estimate of drug-likeness (QED) is 0.283. The maximum Gasteiger partial charge on any atom is 0.261 e. The molecule has 0 saturated carbocycles. The number of aliphatic hydroxyl groups is 1. The van der Waals surface area contributed by atoms with Crippen molar-refractivity contribution in [2.75, 3.05) is 19.8 Å². The standard InChI is InChI=1S/C28H32ClFN4O5/c1-32-16-19(25(36)15-30)13-23(32)24(35)5-3-2-4-6-26(37)33-11-9-28(39,10-12-33)17-34-18-31-22-14-20(29)7-8-21(22)27(34)38/h7-8,13-14,16,18,39H,2-6,9-12,15,17H2,1H3. The highest BCUT2D eigenvalue weighted by Gasteiger charge is 2.34. The van der Waals surface area contributed by atoms with Crippen molar-refractivity contribution in [1.29, 1.82) is 0 Å². The Morgan fingerprint density at radius 3 is 2.51 bits per heavy atom. The predicted molar refractivity (Wildman–Crippen MR) is 145 cm³/mol. The Bertz CT molecular complexity index is 1440. The molecule has 1 saturated heterocycles. The summed E-state index contributed by atoms with van der Waals surface area (Å²) in [5, 5.41) is 12.0. The van der Waals surface area contributed by atoms with Crippen LogP contribution >= 0.6 is 11.6 Å². The van der Waals surface area contributed by atoms with Crippen LogP contribution < -0.4 is 5.56 Å². The molecule has 39 heavy (non-hydrogen) atoms. The third-order valence-corrected chi connectivity index (χ3v) is 7.56. The van der Waals surface area contributed by atoms with E-state index in [0.717, 1.165) is 0 Å². The van der Waals surface area contributed by atoms with Crippen molar-refractivity contribution in [3.05, 3.63) is 63.4 Å². The molecule has 3 aromatic rings. The minimum absolute atomic E-state index is 0.00149. The number of unbranched alkanes of at least 4 members (excludes halogenated alkanes) is 2. The molecular formula is C28H32ClFN4O5. The summed E-state index contributed by atoms with van der Waals surface area (Å²) in [5.41, 5.74) is -0.305. The number of likely N-dealkylation sites (tertiary alicyclic amines) is 1. The van der Waals surface area contributed by atoms with Gasteiger partial charge in [-0.2, -0.15) is 0 Å². The van der Waals surface area contributed by atoms with Gasteiger partial charge in [0, 0.05) is 49.8 Å². The molecule has 0 bridgehead atoms. The van der Waals surface area contributed by atoms with Gasteiger partial charge in [0.25, 0.3) is 5.56 Å². The van der Waals surface area contributed by atoms with Crippen molar-refractivity contribution >= 4 is 40.0 Å². The summed E-state index contributed by atoms with van der Waals surface area (Å²) in [4.78, 5) is 55.5. The number of piperidine rings is 1. The van der Waals surface area contributed by atoms with Gasteiger partial charge in [0.05, 0.1) is 35.1 Å². The van der Waals surface area contributed by atoms with Gasteiger partial charge in [-0.15, -0.1) is 0 Å². The molecule has 0 atom stereocenters. The smallest absolute Gasteiger partial charge is 0.261 e. The first-order valence-corrected chi connectivity index (χ1v) is 13.4. The van der Waals surface area contributed by atoms with Gasteiger partial charge < -0.3 is 14.6 Å². The van der Waals surface area contributed by atoms with E-state index in [1.807, 2.05) is 0 Å². The Morgan fingerprint density at radius 1 is 1.08 bits per heavy atom. The van der Waals surface area contributed by atoms with Crippen LogP contribution in [0.25, 0.3) is 10.9 Å². The number of carbonyl (C=O) groups excluding carboxylic acids is 3. The zero-order chi connectivity index (χ0) is 28.2. The van der Waals surface area contributed by atoms with Crippen molar-refractivity contribution in [2.45, 2.75) is 57.1 Å². The van der Waals surface area contributed by atoms with Crippen LogP contribution in [0.5, 0.6) is 0 Å². The number of fused-ring (bicyclic) bond motifs is 1. The van der Waals surface area contributed by atoms with E-state index in [0.29, 0.717) is 73.2 Å². The number of nitrogens with zero attached hydrogens (tertiary/aromatic N) is 4. The fourth-order valence-corrected chi connectivity index (χ4v) is 5.15. The maximum atomic E-state index is 12.8. The molecule has 9 nitrogen and oxygen atoms in total. The molecule has 0 aliphatic carbocycles. The molecule has 2 aromatic heterocycles. The molecule has 1 aromatic carbocycles. The van der Waals surface area contributed by atoms with Crippen LogP contribution in [-0.2, 0) is 18.4 Å². The molecule has 0 unspecified atom stereocenters. The Balaban J connectivity index is 1.20. The van der Waals surface area contributed by atoms with Gasteiger partial charge in [0.15, 0.2) is 18.2 Å². The van der Waals surface area contributed by atoms with E-state index in [2.05, 4.69) is 4.98 Å². The van der Waals surface area contributed by atoms with Crippen molar-refractivity contribution in [1.82, 2.24) is 19.0 Å². The van der Waals surface area contributed by atoms with Crippen molar-refractivity contribution in [2.24, 2.45) is 7.05 Å². The summed E-state index contributed by atoms with van der Waals surface area (Å²) in [5.74, 6) is -0.771. The minimum atomic E-state index is -1.12. The number of halogens is 2. The van der Waals surface area contributed by atoms with Gasteiger partial charge in [0.2, 0.25) is 5.91 Å². The number of amides is 1. The van der Waals surface area contributed by atoms with Gasteiger partial charge in [0.1, 0.15) is 0 Å². The Labute approximate surface area is 230 Å². The van der Waals surface area contributed by atoms with E-state index < -0.39 is 18.1 Å². The highest BCUT2D eigenvalue weighted by Crippen LogP contribution is 2.25. The van der Waals surface area contributed by atoms with Gasteiger partial charge >= 0.3 is 0 Å². The SMILES string of the molecule is Cn1cc(C(=O)CF)cc1C(=O)CCCCCC(=O)N1CCC(O)(Cn2cnc3cc(Cl)ccc3c2=O)CC1. The first-order valence-electron chi connectivity index (χ1n) is 13.0. The van der Waals surface area contributed by atoms with Crippen LogP contribution in [-0.4, -0.2) is 67.0 Å². The number of aryl methyl sites for hydroxylation is 1. The van der Waals surface area contributed by atoms with Crippen molar-refractivity contribution in [3.8, 4) is 0 Å². The van der Waals surface area contributed by atoms with Crippen LogP contribution in [0.2, 0.25) is 5.02 Å². The van der Waals surface area contributed by atoms with E-state index >= 15 is 0 Å². The largest absolute Gasteiger partial charge is 0.388 e. The average Bonchev–Trinajstić information content (AvgIpc) is 3.31. The Hall–Kier alpha value is -3.37. The minimum Gasteiger partial charge on any atom is -0.388 e. The van der Waals surface area contributed by atoms with Gasteiger partial charge in [-0.05, 0) is 49.9 Å². The second-order valence-electron chi connectivity index (χ2n) is 10.2. The number of hydrogen-bond donors (Lipinski definition) is 1. The number of Topliss-reactive ketones (excluding diaryl/α,β-unsaturated/α-hetero) is 2. The van der Waals surface area contributed by atoms with Gasteiger partial charge in [-0.25, -0.2) is 9.37 Å². The zero-order valence-corrected chi connectivity index (χ0v) is 22.6. The molecule has 0 radical (unpaired) electrons. The number of aromatic nitrogens is 3. The number of hydrogen-bond acceptors (Lipinski definition) is 6. The summed E-state index contributed by atoms with van der Waals surface area (Å²) in [6.07, 6.45) is 6.13. The molecule has 0 spiro atoms. The topological polar surface area (TPSA) is 114 Å². The lowest BCUT2D eigenvalue weighted by Crippen LogP contribution is -2.49. The highest BCUT2D eigenvalue weighted by molar-refractivity contribution is 6.31. The fourth-order valence-electron chi connectivity index (χ4n) is 4.99. The zero-order valence-electron chi connectivity index (χ0n) is 21.9. The summed E-state index contributed by atoms with van der Waals surface area (Å²) in [7, 11) is 1.65. The molecule has 3 heterocycles. The molecule has 1 aliphatic rings. The number of ketones is 2. The molecule has 1 fully saturated rings. The Morgan fingerprint density at radius 2 is 1.79 bits per heavy atom. The van der Waals surface area contributed by atoms with Crippen LogP contribution in [0.4, 0.5) is 4.39 Å². The van der Waals surface area contributed by atoms with Crippen LogP contribution in [0, 0.1) is 0 Å². The third kappa shape index (κ3) is 6.80. The number of benzene rings is 1. The van der Waals surface area contributed by atoms with Crippen molar-refractivity contribution in [3.63, 3.8) is 0 Å². The summed E-state index contributed by atoms with van der Waals surface area (Å²) < 4.78 is 15.5. The number of rotatable bonds is 11. The monoisotopic (exact) mass is 558 g/mol. The van der Waals surface area contributed by atoms with E-state index in [4.69, 9.17) is 11.6 Å². The molecule has 1 amide bonds. The maximum absolute atomic E-state index is 12.8. The van der Waals surface area contributed by atoms with Crippen molar-refractivity contribution < 1.29 is 23.9 Å². The molecule has 1 aliphatic heterocycles. The lowest BCUT2D eigenvalue weighted by molar-refractivity contribution is -0.136. The van der Waals surface area contributed by atoms with Crippen LogP contribution in [0.3, 0.4) is 0 Å². The predicted octanol–water partition coefficient (Wildman–Crippen LogP) is 3.73. The summed E-state index contributed by atoms with van der Waals surface area (Å²) >= 11 is 5.98. The van der Waals surface area contributed by atoms with Gasteiger partial charge in [-0.1, -0.05) is 18.0 Å². The molecule has 208 valence electrons. The Kier molecular flexibility index (Phi) is 8.97. The lowest BCUT2D eigenvalue weighted by atomic mass is 9.91. The number of alkyl halides is 1. The van der Waals surface area contributed by atoms with E-state index in [-0.39, 0.29) is 35.8 Å². The van der Waals surface area contributed by atoms with Crippen LogP contribution in [0.1, 0.15) is 65.8 Å². The first-order chi connectivity index (χ1) is 18.6. The number of carbonyl (C=O) groups is 3. The van der Waals surface area contributed by atoms with E-state index in [1.54, 1.807) is 30.1 Å². The summed E-state index contributed by atoms with van der Waals surface area (Å²) in [6.45, 7) is -0.211. The van der Waals surface area contributed by atoms with Gasteiger partial charge in [-0.3, -0.25) is 23.7 Å². The second kappa shape index (κ2) is 12.2. The third-order valence-electron chi connectivity index (χ3n) is 7.33. The van der Waals surface area contributed by atoms with Crippen LogP contribution in [0.15, 0.2) is 41.6 Å². The summed E-state index contributed by atoms with van der Waals surface area (Å²) in [6, 6.07) is 6.30. The molecule has 1 N–H and O–H groups in total. The second-order valence-corrected chi connectivity index (χ2v) is 10.6. The highest BCUT2D eigenvalue weighted by atomic mass is 35.5. The average molecular weight is 559 g/mol. The normalized spacial score (nSPS) is 15.0. The molecular weight excluding hydrogens is 527 g/mol. The fraction of sp³-hybridized carbons (Fsp3) is 0.464. The molecule has 11 heteroatoms. The lowest BCUT2D eigenvalue weighted by Gasteiger charge is -2.38. The molecule has 4 rings (SSSR count). The first kappa shape index (κ1) is 28.6. The van der Waals surface area contributed by atoms with E-state index in [1.165, 1.54) is 27.7 Å².